The molecule has 1 unspecified atom stereocenters. The molecule has 0 saturated carbocycles. The van der Waals surface area contributed by atoms with Crippen LogP contribution in [0.25, 0.3) is 0 Å². The van der Waals surface area contributed by atoms with Gasteiger partial charge in [-0.1, -0.05) is 13.0 Å². The summed E-state index contributed by atoms with van der Waals surface area (Å²) in [7, 11) is 1.53. The van der Waals surface area contributed by atoms with E-state index < -0.39 is 6.10 Å². The molecule has 18 heavy (non-hydrogen) atoms. The van der Waals surface area contributed by atoms with Crippen molar-refractivity contribution in [1.29, 1.82) is 0 Å². The summed E-state index contributed by atoms with van der Waals surface area (Å²) in [6, 6.07) is 5.46. The van der Waals surface area contributed by atoms with E-state index in [0.717, 1.165) is 18.7 Å². The Labute approximate surface area is 108 Å². The maximum atomic E-state index is 9.99. The van der Waals surface area contributed by atoms with E-state index in [1.165, 1.54) is 7.11 Å². The van der Waals surface area contributed by atoms with Gasteiger partial charge in [-0.25, -0.2) is 0 Å². The molecule has 1 aromatic carbocycles. The molecule has 1 aliphatic rings. The molecule has 3 atom stereocenters. The van der Waals surface area contributed by atoms with E-state index in [4.69, 9.17) is 4.74 Å². The first-order chi connectivity index (χ1) is 8.49. The first-order valence-electron chi connectivity index (χ1n) is 6.24. The van der Waals surface area contributed by atoms with Crippen molar-refractivity contribution in [1.82, 2.24) is 5.32 Å². The van der Waals surface area contributed by atoms with Crippen molar-refractivity contribution in [3.05, 3.63) is 23.8 Å². The maximum Gasteiger partial charge on any atom is 0.160 e. The summed E-state index contributed by atoms with van der Waals surface area (Å²) in [4.78, 5) is 0. The highest BCUT2D eigenvalue weighted by Gasteiger charge is 2.43. The fourth-order valence-corrected chi connectivity index (χ4v) is 2.70. The van der Waals surface area contributed by atoms with E-state index in [1.54, 1.807) is 12.1 Å². The average Bonchev–Trinajstić information content (AvgIpc) is 2.72. The fraction of sp³-hybridized carbons (Fsp3) is 0.571. The number of phenolic OH excluding ortho intramolecular Hbond substituents is 1. The highest BCUT2D eigenvalue weighted by Crippen LogP contribution is 2.43. The molecular formula is C14H21NO3. The SMILES string of the molecule is COc1ccc([C@@H]2CNC[C@@]2(C)C(C)O)cc1O. The Bertz CT molecular complexity index is 433. The largest absolute Gasteiger partial charge is 0.504 e. The van der Waals surface area contributed by atoms with Crippen molar-refractivity contribution in [3.8, 4) is 11.5 Å². The lowest BCUT2D eigenvalue weighted by Gasteiger charge is -2.34. The van der Waals surface area contributed by atoms with E-state index in [-0.39, 0.29) is 17.1 Å². The van der Waals surface area contributed by atoms with E-state index in [9.17, 15) is 10.2 Å². The van der Waals surface area contributed by atoms with Crippen LogP contribution in [0.2, 0.25) is 0 Å². The van der Waals surface area contributed by atoms with Gasteiger partial charge in [0.15, 0.2) is 11.5 Å². The monoisotopic (exact) mass is 251 g/mol. The number of phenols is 1. The van der Waals surface area contributed by atoms with E-state index >= 15 is 0 Å². The van der Waals surface area contributed by atoms with Gasteiger partial charge in [-0.2, -0.15) is 0 Å². The minimum absolute atomic E-state index is 0.148. The van der Waals surface area contributed by atoms with Gasteiger partial charge >= 0.3 is 0 Å². The molecule has 0 amide bonds. The van der Waals surface area contributed by atoms with Gasteiger partial charge in [-0.15, -0.1) is 0 Å². The van der Waals surface area contributed by atoms with Crippen LogP contribution in [0, 0.1) is 5.41 Å². The van der Waals surface area contributed by atoms with Gasteiger partial charge in [0.2, 0.25) is 0 Å². The molecule has 0 spiro atoms. The number of aliphatic hydroxyl groups is 1. The second kappa shape index (κ2) is 4.78. The Morgan fingerprint density at radius 1 is 1.50 bits per heavy atom. The van der Waals surface area contributed by atoms with Crippen LogP contribution >= 0.6 is 0 Å². The highest BCUT2D eigenvalue weighted by molar-refractivity contribution is 5.43. The smallest absolute Gasteiger partial charge is 0.160 e. The van der Waals surface area contributed by atoms with Crippen molar-refractivity contribution in [2.75, 3.05) is 20.2 Å². The number of aromatic hydroxyl groups is 1. The molecule has 2 rings (SSSR count). The minimum Gasteiger partial charge on any atom is -0.504 e. The number of aliphatic hydroxyl groups excluding tert-OH is 1. The molecule has 3 N–H and O–H groups in total. The predicted octanol–water partition coefficient (Wildman–Crippen LogP) is 1.47. The standard InChI is InChI=1S/C14H21NO3/c1-9(16)14(2)8-15-7-11(14)10-4-5-13(18-3)12(17)6-10/h4-6,9,11,15-17H,7-8H2,1-3H3/t9?,11-,14-/m0/s1. The first kappa shape index (κ1) is 13.2. The summed E-state index contributed by atoms with van der Waals surface area (Å²) in [5.41, 5.74) is 0.822. The second-order valence-corrected chi connectivity index (χ2v) is 5.30. The molecule has 0 aliphatic carbocycles. The van der Waals surface area contributed by atoms with Crippen molar-refractivity contribution in [2.24, 2.45) is 5.41 Å². The van der Waals surface area contributed by atoms with Gasteiger partial charge in [0.1, 0.15) is 0 Å². The molecule has 1 fully saturated rings. The van der Waals surface area contributed by atoms with Crippen LogP contribution in [0.3, 0.4) is 0 Å². The molecule has 1 heterocycles. The predicted molar refractivity (Wildman–Crippen MR) is 70.1 cm³/mol. The number of benzene rings is 1. The molecule has 0 aromatic heterocycles. The van der Waals surface area contributed by atoms with Crippen LogP contribution in [0.15, 0.2) is 18.2 Å². The van der Waals surface area contributed by atoms with Crippen molar-refractivity contribution in [3.63, 3.8) is 0 Å². The van der Waals surface area contributed by atoms with Crippen LogP contribution < -0.4 is 10.1 Å². The average molecular weight is 251 g/mol. The summed E-state index contributed by atoms with van der Waals surface area (Å²) < 4.78 is 5.05. The maximum absolute atomic E-state index is 9.99. The Hall–Kier alpha value is -1.26. The fourth-order valence-electron chi connectivity index (χ4n) is 2.70. The van der Waals surface area contributed by atoms with Crippen LogP contribution in [-0.4, -0.2) is 36.5 Å². The molecule has 100 valence electrons. The highest BCUT2D eigenvalue weighted by atomic mass is 16.5. The summed E-state index contributed by atoms with van der Waals surface area (Å²) in [5.74, 6) is 0.813. The summed E-state index contributed by atoms with van der Waals surface area (Å²) >= 11 is 0. The molecule has 4 heteroatoms. The normalized spacial score (nSPS) is 29.2. The number of hydrogen-bond acceptors (Lipinski definition) is 4. The number of rotatable bonds is 3. The summed E-state index contributed by atoms with van der Waals surface area (Å²) in [5, 5.41) is 23.2. The number of ether oxygens (including phenoxy) is 1. The molecule has 1 saturated heterocycles. The zero-order valence-corrected chi connectivity index (χ0v) is 11.1. The van der Waals surface area contributed by atoms with Crippen molar-refractivity contribution >= 4 is 0 Å². The zero-order valence-electron chi connectivity index (χ0n) is 11.1. The van der Waals surface area contributed by atoms with E-state index in [1.807, 2.05) is 13.0 Å². The van der Waals surface area contributed by atoms with E-state index in [2.05, 4.69) is 12.2 Å². The molecule has 4 nitrogen and oxygen atoms in total. The van der Waals surface area contributed by atoms with Crippen LogP contribution in [0.4, 0.5) is 0 Å². The third-order valence-corrected chi connectivity index (χ3v) is 4.21. The molecule has 0 bridgehead atoms. The zero-order chi connectivity index (χ0) is 13.3. The van der Waals surface area contributed by atoms with Gasteiger partial charge in [0.25, 0.3) is 0 Å². The lowest BCUT2D eigenvalue weighted by molar-refractivity contribution is 0.0549. The Morgan fingerprint density at radius 2 is 2.22 bits per heavy atom. The molecular weight excluding hydrogens is 230 g/mol. The Morgan fingerprint density at radius 3 is 2.78 bits per heavy atom. The van der Waals surface area contributed by atoms with Crippen molar-refractivity contribution in [2.45, 2.75) is 25.9 Å². The molecule has 1 aliphatic heterocycles. The summed E-state index contributed by atoms with van der Waals surface area (Å²) in [6.45, 7) is 5.49. The molecule has 1 aromatic rings. The Kier molecular flexibility index (Phi) is 3.50. The Balaban J connectivity index is 2.34. The van der Waals surface area contributed by atoms with Gasteiger partial charge in [-0.05, 0) is 24.6 Å². The second-order valence-electron chi connectivity index (χ2n) is 5.30. The lowest BCUT2D eigenvalue weighted by atomic mass is 9.72. The lowest BCUT2D eigenvalue weighted by Crippen LogP contribution is -2.36. The minimum atomic E-state index is -0.401. The van der Waals surface area contributed by atoms with Crippen LogP contribution in [-0.2, 0) is 0 Å². The van der Waals surface area contributed by atoms with Crippen LogP contribution in [0.1, 0.15) is 25.3 Å². The van der Waals surface area contributed by atoms with Gasteiger partial charge in [0, 0.05) is 24.4 Å². The van der Waals surface area contributed by atoms with Gasteiger partial charge in [0.05, 0.1) is 13.2 Å². The first-order valence-corrected chi connectivity index (χ1v) is 6.24. The third-order valence-electron chi connectivity index (χ3n) is 4.21. The third kappa shape index (κ3) is 2.06. The van der Waals surface area contributed by atoms with E-state index in [0.29, 0.717) is 5.75 Å². The summed E-state index contributed by atoms with van der Waals surface area (Å²) in [6.07, 6.45) is -0.401. The van der Waals surface area contributed by atoms with Gasteiger partial charge < -0.3 is 20.3 Å². The quantitative estimate of drug-likeness (QED) is 0.761. The van der Waals surface area contributed by atoms with Gasteiger partial charge in [-0.3, -0.25) is 0 Å². The topological polar surface area (TPSA) is 61.7 Å². The van der Waals surface area contributed by atoms with Crippen LogP contribution in [0.5, 0.6) is 11.5 Å². The van der Waals surface area contributed by atoms with Crippen molar-refractivity contribution < 1.29 is 14.9 Å². The number of hydrogen-bond donors (Lipinski definition) is 3. The number of methoxy groups -OCH3 is 1. The molecule has 0 radical (unpaired) electrons. The number of nitrogens with one attached hydrogen (secondary N) is 1.